The molecule has 0 fully saturated rings. The summed E-state index contributed by atoms with van der Waals surface area (Å²) >= 11 is 0. The lowest BCUT2D eigenvalue weighted by Crippen LogP contribution is -2.12. The molecule has 0 aliphatic heterocycles. The van der Waals surface area contributed by atoms with E-state index in [2.05, 4.69) is 0 Å². The average Bonchev–Trinajstić information content (AvgIpc) is 2.60. The first-order chi connectivity index (χ1) is 11.1. The summed E-state index contributed by atoms with van der Waals surface area (Å²) in [6.45, 7) is 1.51. The zero-order valence-electron chi connectivity index (χ0n) is 13.2. The summed E-state index contributed by atoms with van der Waals surface area (Å²) in [4.78, 5) is 12.4. The van der Waals surface area contributed by atoms with Gasteiger partial charge in [-0.25, -0.2) is 4.79 Å². The smallest absolute Gasteiger partial charge is 0.347 e. The van der Waals surface area contributed by atoms with E-state index in [4.69, 9.17) is 9.47 Å². The Hall–Kier alpha value is -2.37. The van der Waals surface area contributed by atoms with Gasteiger partial charge in [0, 0.05) is 0 Å². The molecule has 0 atom stereocenters. The quantitative estimate of drug-likeness (QED) is 0.632. The molecule has 0 aromatic heterocycles. The van der Waals surface area contributed by atoms with Crippen molar-refractivity contribution in [3.05, 3.63) is 58.7 Å². The Balaban J connectivity index is 2.29. The summed E-state index contributed by atoms with van der Waals surface area (Å²) in [6, 6.07) is 10.3. The summed E-state index contributed by atoms with van der Waals surface area (Å²) in [6.07, 6.45) is 0.907. The zero-order valence-corrected chi connectivity index (χ0v) is 13.2. The fourth-order valence-electron chi connectivity index (χ4n) is 2.24. The second kappa shape index (κ2) is 7.76. The molecular weight excluding hydrogens is 296 g/mol. The molecule has 5 nitrogen and oxygen atoms in total. The maximum Gasteiger partial charge on any atom is 0.347 e. The molecule has 0 unspecified atom stereocenters. The third-order valence-electron chi connectivity index (χ3n) is 3.62. The van der Waals surface area contributed by atoms with Crippen molar-refractivity contribution in [2.75, 3.05) is 7.11 Å². The van der Waals surface area contributed by atoms with Gasteiger partial charge in [0.25, 0.3) is 0 Å². The molecule has 122 valence electrons. The van der Waals surface area contributed by atoms with Gasteiger partial charge < -0.3 is 19.7 Å². The lowest BCUT2D eigenvalue weighted by Gasteiger charge is -2.13. The number of aliphatic hydroxyl groups excluding tert-OH is 2. The van der Waals surface area contributed by atoms with Gasteiger partial charge in [-0.05, 0) is 47.4 Å². The second-order valence-electron chi connectivity index (χ2n) is 5.02. The number of aryl methyl sites for hydroxylation is 1. The number of esters is 1. The van der Waals surface area contributed by atoms with E-state index in [0.717, 1.165) is 12.0 Å². The minimum atomic E-state index is -0.578. The summed E-state index contributed by atoms with van der Waals surface area (Å²) in [5, 5.41) is 18.7. The summed E-state index contributed by atoms with van der Waals surface area (Å²) in [5.74, 6) is 0.151. The topological polar surface area (TPSA) is 76.0 Å². The lowest BCUT2D eigenvalue weighted by molar-refractivity contribution is 0.0731. The van der Waals surface area contributed by atoms with Crippen LogP contribution < -0.4 is 9.47 Å². The first-order valence-corrected chi connectivity index (χ1v) is 7.35. The summed E-state index contributed by atoms with van der Waals surface area (Å²) in [7, 11) is 1.43. The predicted octanol–water partition coefficient (Wildman–Crippen LogP) is 2.46. The molecule has 23 heavy (non-hydrogen) atoms. The van der Waals surface area contributed by atoms with Crippen molar-refractivity contribution >= 4 is 5.97 Å². The van der Waals surface area contributed by atoms with Gasteiger partial charge in [-0.15, -0.1) is 0 Å². The first kappa shape index (κ1) is 17.0. The van der Waals surface area contributed by atoms with Crippen molar-refractivity contribution < 1.29 is 24.5 Å². The van der Waals surface area contributed by atoms with Crippen LogP contribution in [0.25, 0.3) is 0 Å². The molecule has 2 N–H and O–H groups in total. The predicted molar refractivity (Wildman–Crippen MR) is 85.6 cm³/mol. The normalized spacial score (nSPS) is 10.4. The number of hydrogen-bond acceptors (Lipinski definition) is 5. The zero-order chi connectivity index (χ0) is 16.8. The molecule has 0 saturated heterocycles. The number of aliphatic hydroxyl groups is 2. The van der Waals surface area contributed by atoms with Crippen molar-refractivity contribution in [1.82, 2.24) is 0 Å². The van der Waals surface area contributed by atoms with E-state index in [0.29, 0.717) is 22.6 Å². The molecule has 0 spiro atoms. The van der Waals surface area contributed by atoms with Crippen LogP contribution in [0.1, 0.15) is 34.0 Å². The van der Waals surface area contributed by atoms with Gasteiger partial charge in [0.15, 0.2) is 0 Å². The number of benzene rings is 2. The number of rotatable bonds is 6. The van der Waals surface area contributed by atoms with Crippen molar-refractivity contribution in [3.8, 4) is 11.5 Å². The Morgan fingerprint density at radius 2 is 1.65 bits per heavy atom. The third-order valence-corrected chi connectivity index (χ3v) is 3.62. The number of carbonyl (C=O) groups is 1. The van der Waals surface area contributed by atoms with Crippen LogP contribution >= 0.6 is 0 Å². The van der Waals surface area contributed by atoms with E-state index in [1.807, 2.05) is 19.1 Å². The van der Waals surface area contributed by atoms with Crippen LogP contribution in [0.4, 0.5) is 0 Å². The monoisotopic (exact) mass is 316 g/mol. The Bertz CT molecular complexity index is 677. The third kappa shape index (κ3) is 3.88. The van der Waals surface area contributed by atoms with Crippen molar-refractivity contribution in [1.29, 1.82) is 0 Å². The fraction of sp³-hybridized carbons (Fsp3) is 0.278. The molecule has 2 aromatic rings. The average molecular weight is 316 g/mol. The molecule has 0 bridgehead atoms. The Morgan fingerprint density at radius 3 is 2.17 bits per heavy atom. The van der Waals surface area contributed by atoms with E-state index in [1.54, 1.807) is 12.1 Å². The van der Waals surface area contributed by atoms with E-state index in [9.17, 15) is 15.0 Å². The number of carbonyl (C=O) groups excluding carboxylic acids is 1. The highest BCUT2D eigenvalue weighted by atomic mass is 16.5. The Morgan fingerprint density at radius 1 is 1.04 bits per heavy atom. The first-order valence-electron chi connectivity index (χ1n) is 7.35. The maximum atomic E-state index is 12.4. The van der Waals surface area contributed by atoms with Gasteiger partial charge in [0.2, 0.25) is 0 Å². The Kier molecular flexibility index (Phi) is 5.73. The molecule has 0 saturated carbocycles. The standard InChI is InChI=1S/C18H20O5/c1-3-12-4-6-15(7-5-12)23-18(21)16-8-13(10-19)14(11-20)9-17(16)22-2/h4-9,19-20H,3,10-11H2,1-2H3. The van der Waals surface area contributed by atoms with Crippen LogP contribution in [0.2, 0.25) is 0 Å². The summed E-state index contributed by atoms with van der Waals surface area (Å²) in [5.41, 5.74) is 2.32. The van der Waals surface area contributed by atoms with E-state index in [1.165, 1.54) is 19.2 Å². The largest absolute Gasteiger partial charge is 0.496 e. The van der Waals surface area contributed by atoms with Crippen LogP contribution in [-0.4, -0.2) is 23.3 Å². The molecule has 0 heterocycles. The molecule has 0 amide bonds. The van der Waals surface area contributed by atoms with E-state index >= 15 is 0 Å². The highest BCUT2D eigenvalue weighted by Crippen LogP contribution is 2.26. The van der Waals surface area contributed by atoms with Crippen LogP contribution in [0, 0.1) is 0 Å². The fourth-order valence-corrected chi connectivity index (χ4v) is 2.24. The minimum absolute atomic E-state index is 0.202. The van der Waals surface area contributed by atoms with Gasteiger partial charge in [0.1, 0.15) is 17.1 Å². The van der Waals surface area contributed by atoms with Gasteiger partial charge in [-0.1, -0.05) is 19.1 Å². The molecule has 0 aliphatic rings. The molecule has 5 heteroatoms. The van der Waals surface area contributed by atoms with Gasteiger partial charge >= 0.3 is 5.97 Å². The minimum Gasteiger partial charge on any atom is -0.496 e. The molecule has 2 aromatic carbocycles. The second-order valence-corrected chi connectivity index (χ2v) is 5.02. The molecule has 2 rings (SSSR count). The van der Waals surface area contributed by atoms with Crippen molar-refractivity contribution in [2.45, 2.75) is 26.6 Å². The Labute approximate surface area is 135 Å². The van der Waals surface area contributed by atoms with Gasteiger partial charge in [0.05, 0.1) is 20.3 Å². The molecule has 0 radical (unpaired) electrons. The summed E-state index contributed by atoms with van der Waals surface area (Å²) < 4.78 is 10.5. The highest BCUT2D eigenvalue weighted by molar-refractivity contribution is 5.94. The van der Waals surface area contributed by atoms with Crippen molar-refractivity contribution in [3.63, 3.8) is 0 Å². The lowest BCUT2D eigenvalue weighted by atomic mass is 10.0. The number of methoxy groups -OCH3 is 1. The number of hydrogen-bond donors (Lipinski definition) is 2. The molecular formula is C18H20O5. The highest BCUT2D eigenvalue weighted by Gasteiger charge is 2.18. The van der Waals surface area contributed by atoms with E-state index < -0.39 is 5.97 Å². The van der Waals surface area contributed by atoms with Gasteiger partial charge in [-0.3, -0.25) is 0 Å². The van der Waals surface area contributed by atoms with Crippen LogP contribution in [-0.2, 0) is 19.6 Å². The van der Waals surface area contributed by atoms with Crippen LogP contribution in [0.5, 0.6) is 11.5 Å². The van der Waals surface area contributed by atoms with Crippen molar-refractivity contribution in [2.24, 2.45) is 0 Å². The maximum absolute atomic E-state index is 12.4. The van der Waals surface area contributed by atoms with E-state index in [-0.39, 0.29) is 18.8 Å². The van der Waals surface area contributed by atoms with Gasteiger partial charge in [-0.2, -0.15) is 0 Å². The van der Waals surface area contributed by atoms with Crippen LogP contribution in [0.15, 0.2) is 36.4 Å². The molecule has 0 aliphatic carbocycles. The number of ether oxygens (including phenoxy) is 2. The SMILES string of the molecule is CCc1ccc(OC(=O)c2cc(CO)c(CO)cc2OC)cc1. The van der Waals surface area contributed by atoms with Crippen LogP contribution in [0.3, 0.4) is 0 Å².